The average molecular weight is 442 g/mol. The van der Waals surface area contributed by atoms with E-state index in [1.54, 1.807) is 11.8 Å². The number of fused-ring (bicyclic) bond motifs is 1. The zero-order chi connectivity index (χ0) is 21.2. The lowest BCUT2D eigenvalue weighted by Crippen LogP contribution is -2.00. The Hall–Kier alpha value is -3.08. The third-order valence-electron chi connectivity index (χ3n) is 5.23. The second kappa shape index (κ2) is 8.58. The first-order chi connectivity index (χ1) is 15.2. The molecule has 1 aromatic heterocycles. The van der Waals surface area contributed by atoms with Crippen molar-refractivity contribution >= 4 is 34.1 Å². The molecule has 0 aliphatic carbocycles. The van der Waals surface area contributed by atoms with E-state index < -0.39 is 0 Å². The summed E-state index contributed by atoms with van der Waals surface area (Å²) in [4.78, 5) is 0. The van der Waals surface area contributed by atoms with Crippen molar-refractivity contribution in [1.82, 2.24) is 14.8 Å². The second-order valence-electron chi connectivity index (χ2n) is 7.41. The van der Waals surface area contributed by atoms with Gasteiger partial charge in [-0.2, -0.15) is 0 Å². The minimum Gasteiger partial charge on any atom is -0.270 e. The Morgan fingerprint density at radius 1 is 0.839 bits per heavy atom. The Balaban J connectivity index is 1.56. The summed E-state index contributed by atoms with van der Waals surface area (Å²) in [5.74, 6) is 1.62. The van der Waals surface area contributed by atoms with Gasteiger partial charge in [0.1, 0.15) is 0 Å². The number of rotatable bonds is 5. The van der Waals surface area contributed by atoms with Crippen molar-refractivity contribution in [2.45, 2.75) is 17.8 Å². The van der Waals surface area contributed by atoms with Crippen molar-refractivity contribution in [3.8, 4) is 17.1 Å². The van der Waals surface area contributed by atoms with Gasteiger partial charge >= 0.3 is 0 Å². The highest BCUT2D eigenvalue weighted by atomic mass is 35.5. The van der Waals surface area contributed by atoms with Gasteiger partial charge < -0.3 is 0 Å². The molecule has 5 heteroatoms. The Morgan fingerprint density at radius 3 is 2.45 bits per heavy atom. The lowest BCUT2D eigenvalue weighted by atomic mass is 10.1. The van der Waals surface area contributed by atoms with Gasteiger partial charge in [-0.25, -0.2) is 0 Å². The standard InChI is InChI=1S/C26H20ClN3S/c1-18-6-4-10-23(16-18)30-25(20-12-14-22(27)15-13-20)28-29-26(30)31-17-21-9-5-8-19-7-2-3-11-24(19)21/h2-16H,17H2,1H3. The van der Waals surface area contributed by atoms with Gasteiger partial charge in [0.15, 0.2) is 11.0 Å². The summed E-state index contributed by atoms with van der Waals surface area (Å²) < 4.78 is 2.13. The summed E-state index contributed by atoms with van der Waals surface area (Å²) in [5, 5.41) is 13.2. The van der Waals surface area contributed by atoms with Gasteiger partial charge in [-0.3, -0.25) is 4.57 Å². The molecule has 5 aromatic rings. The number of aromatic nitrogens is 3. The van der Waals surface area contributed by atoms with Crippen LogP contribution in [-0.4, -0.2) is 14.8 Å². The van der Waals surface area contributed by atoms with Crippen molar-refractivity contribution in [2.24, 2.45) is 0 Å². The Morgan fingerprint density at radius 2 is 1.61 bits per heavy atom. The van der Waals surface area contributed by atoms with Crippen LogP contribution in [0.5, 0.6) is 0 Å². The second-order valence-corrected chi connectivity index (χ2v) is 8.79. The third-order valence-corrected chi connectivity index (χ3v) is 6.46. The fourth-order valence-corrected chi connectivity index (χ4v) is 4.79. The van der Waals surface area contributed by atoms with E-state index in [9.17, 15) is 0 Å². The van der Waals surface area contributed by atoms with Crippen LogP contribution in [0.3, 0.4) is 0 Å². The molecule has 5 rings (SSSR count). The molecule has 0 fully saturated rings. The molecule has 152 valence electrons. The molecule has 31 heavy (non-hydrogen) atoms. The fourth-order valence-electron chi connectivity index (χ4n) is 3.71. The summed E-state index contributed by atoms with van der Waals surface area (Å²) in [6.07, 6.45) is 0. The van der Waals surface area contributed by atoms with Crippen LogP contribution in [0.15, 0.2) is 96.2 Å². The van der Waals surface area contributed by atoms with Gasteiger partial charge in [0.25, 0.3) is 0 Å². The van der Waals surface area contributed by atoms with Crippen molar-refractivity contribution in [3.63, 3.8) is 0 Å². The first-order valence-electron chi connectivity index (χ1n) is 10.1. The van der Waals surface area contributed by atoms with E-state index in [1.807, 2.05) is 24.3 Å². The summed E-state index contributed by atoms with van der Waals surface area (Å²) >= 11 is 7.80. The third kappa shape index (κ3) is 4.09. The molecule has 0 saturated carbocycles. The van der Waals surface area contributed by atoms with E-state index >= 15 is 0 Å². The normalized spacial score (nSPS) is 11.2. The topological polar surface area (TPSA) is 30.7 Å². The van der Waals surface area contributed by atoms with Crippen LogP contribution in [0, 0.1) is 6.92 Å². The average Bonchev–Trinajstić information content (AvgIpc) is 3.22. The van der Waals surface area contributed by atoms with E-state index in [1.165, 1.54) is 21.9 Å². The first-order valence-corrected chi connectivity index (χ1v) is 11.4. The predicted molar refractivity (Wildman–Crippen MR) is 130 cm³/mol. The van der Waals surface area contributed by atoms with Crippen LogP contribution in [0.1, 0.15) is 11.1 Å². The molecule has 0 amide bonds. The van der Waals surface area contributed by atoms with Crippen molar-refractivity contribution < 1.29 is 0 Å². The number of thioether (sulfide) groups is 1. The molecular formula is C26H20ClN3S. The van der Waals surface area contributed by atoms with Gasteiger partial charge in [0.2, 0.25) is 0 Å². The number of hydrogen-bond donors (Lipinski definition) is 0. The van der Waals surface area contributed by atoms with Crippen LogP contribution < -0.4 is 0 Å². The summed E-state index contributed by atoms with van der Waals surface area (Å²) in [6, 6.07) is 31.1. The highest BCUT2D eigenvalue weighted by molar-refractivity contribution is 7.98. The molecular weight excluding hydrogens is 422 g/mol. The molecule has 0 unspecified atom stereocenters. The maximum Gasteiger partial charge on any atom is 0.196 e. The first kappa shape index (κ1) is 19.9. The molecule has 0 radical (unpaired) electrons. The van der Waals surface area contributed by atoms with E-state index in [4.69, 9.17) is 11.6 Å². The Labute approximate surface area is 190 Å². The Kier molecular flexibility index (Phi) is 5.49. The van der Waals surface area contributed by atoms with Gasteiger partial charge in [0, 0.05) is 22.0 Å². The summed E-state index contributed by atoms with van der Waals surface area (Å²) in [6.45, 7) is 2.10. The maximum absolute atomic E-state index is 6.10. The van der Waals surface area contributed by atoms with E-state index in [2.05, 4.69) is 88.4 Å². The van der Waals surface area contributed by atoms with Crippen molar-refractivity contribution in [3.05, 3.63) is 107 Å². The molecule has 0 atom stereocenters. The van der Waals surface area contributed by atoms with E-state index in [0.717, 1.165) is 28.0 Å². The summed E-state index contributed by atoms with van der Waals surface area (Å²) in [7, 11) is 0. The number of halogens is 1. The van der Waals surface area contributed by atoms with Crippen molar-refractivity contribution in [2.75, 3.05) is 0 Å². The maximum atomic E-state index is 6.10. The largest absolute Gasteiger partial charge is 0.270 e. The minimum absolute atomic E-state index is 0.705. The zero-order valence-electron chi connectivity index (χ0n) is 17.0. The molecule has 0 bridgehead atoms. The van der Waals surface area contributed by atoms with Gasteiger partial charge in [-0.1, -0.05) is 78.0 Å². The number of nitrogens with zero attached hydrogens (tertiary/aromatic N) is 3. The molecule has 0 N–H and O–H groups in total. The monoisotopic (exact) mass is 441 g/mol. The van der Waals surface area contributed by atoms with E-state index in [-0.39, 0.29) is 0 Å². The minimum atomic E-state index is 0.705. The van der Waals surface area contributed by atoms with Gasteiger partial charge in [-0.05, 0) is 65.2 Å². The molecule has 0 spiro atoms. The summed E-state index contributed by atoms with van der Waals surface area (Å²) in [5.41, 5.74) is 4.51. The number of aryl methyl sites for hydroxylation is 1. The van der Waals surface area contributed by atoms with Gasteiger partial charge in [0.05, 0.1) is 0 Å². The smallest absolute Gasteiger partial charge is 0.196 e. The molecule has 0 saturated heterocycles. The van der Waals surface area contributed by atoms with Crippen LogP contribution in [0.25, 0.3) is 27.8 Å². The highest BCUT2D eigenvalue weighted by Gasteiger charge is 2.17. The van der Waals surface area contributed by atoms with Crippen molar-refractivity contribution in [1.29, 1.82) is 0 Å². The SMILES string of the molecule is Cc1cccc(-n2c(SCc3cccc4ccccc34)nnc2-c2ccc(Cl)cc2)c1. The van der Waals surface area contributed by atoms with Crippen LogP contribution >= 0.6 is 23.4 Å². The lowest BCUT2D eigenvalue weighted by molar-refractivity contribution is 0.885. The Bertz CT molecular complexity index is 1350. The van der Waals surface area contributed by atoms with Crippen LogP contribution in [-0.2, 0) is 5.75 Å². The quantitative estimate of drug-likeness (QED) is 0.267. The molecule has 0 aliphatic rings. The fraction of sp³-hybridized carbons (Fsp3) is 0.0769. The molecule has 3 nitrogen and oxygen atoms in total. The number of benzene rings is 4. The van der Waals surface area contributed by atoms with E-state index in [0.29, 0.717) is 5.02 Å². The highest BCUT2D eigenvalue weighted by Crippen LogP contribution is 2.32. The van der Waals surface area contributed by atoms with Gasteiger partial charge in [-0.15, -0.1) is 10.2 Å². The predicted octanol–water partition coefficient (Wildman–Crippen LogP) is 7.34. The lowest BCUT2D eigenvalue weighted by Gasteiger charge is -2.12. The zero-order valence-corrected chi connectivity index (χ0v) is 18.6. The number of hydrogen-bond acceptors (Lipinski definition) is 3. The van der Waals surface area contributed by atoms with Crippen LogP contribution in [0.4, 0.5) is 0 Å². The van der Waals surface area contributed by atoms with Crippen LogP contribution in [0.2, 0.25) is 5.02 Å². The molecule has 4 aromatic carbocycles. The molecule has 1 heterocycles. The molecule has 0 aliphatic heterocycles.